The van der Waals surface area contributed by atoms with E-state index in [2.05, 4.69) is 131 Å². The highest BCUT2D eigenvalue weighted by Crippen LogP contribution is 2.42. The maximum absolute atomic E-state index is 13.8. The summed E-state index contributed by atoms with van der Waals surface area (Å²) in [7, 11) is 0. The number of benzene rings is 7. The molecule has 0 aliphatic rings. The standard InChI is InChI=1S/C61H50F3N3O/c1-59(2,3)46-31-43(32-47(37-46)60(4,5)6)44-35-54(66-55(36-44)52-22-8-10-26-57(52)68)42-18-11-17-41(29-42)53-34-40(27-28-65-53)49-23-14-24-51-50-21-7-9-25-56(50)67(58(49)51)48-20-13-16-39(33-48)38-15-12-19-45(30-38)61(62,63)64/h7-37,68H,1-6H3. The van der Waals surface area contributed by atoms with Gasteiger partial charge in [-0.05, 0) is 123 Å². The van der Waals surface area contributed by atoms with Gasteiger partial charge in [0.1, 0.15) is 5.75 Å². The van der Waals surface area contributed by atoms with Crippen LogP contribution >= 0.6 is 0 Å². The van der Waals surface area contributed by atoms with E-state index in [0.717, 1.165) is 78.3 Å². The molecule has 0 amide bonds. The molecule has 68 heavy (non-hydrogen) atoms. The Bertz CT molecular complexity index is 3520. The number of pyridine rings is 2. The van der Waals surface area contributed by atoms with E-state index in [9.17, 15) is 18.3 Å². The number of nitrogens with zero attached hydrogens (tertiary/aromatic N) is 3. The molecular weight excluding hydrogens is 848 g/mol. The van der Waals surface area contributed by atoms with Crippen molar-refractivity contribution >= 4 is 21.8 Å². The molecule has 3 heterocycles. The van der Waals surface area contributed by atoms with Crippen LogP contribution in [0.25, 0.3) is 94.6 Å². The van der Waals surface area contributed by atoms with E-state index in [1.807, 2.05) is 72.9 Å². The quantitative estimate of drug-likeness (QED) is 0.173. The van der Waals surface area contributed by atoms with Crippen LogP contribution in [0.5, 0.6) is 5.75 Å². The third-order valence-electron chi connectivity index (χ3n) is 12.9. The maximum Gasteiger partial charge on any atom is 0.416 e. The highest BCUT2D eigenvalue weighted by atomic mass is 19.4. The van der Waals surface area contributed by atoms with Crippen molar-refractivity contribution in [2.45, 2.75) is 58.5 Å². The van der Waals surface area contributed by atoms with Gasteiger partial charge in [0.2, 0.25) is 0 Å². The van der Waals surface area contributed by atoms with Crippen LogP contribution in [-0.2, 0) is 17.0 Å². The summed E-state index contributed by atoms with van der Waals surface area (Å²) in [4.78, 5) is 10.1. The number of aromatic hydroxyl groups is 1. The minimum absolute atomic E-state index is 0.0783. The van der Waals surface area contributed by atoms with Gasteiger partial charge in [0.05, 0.1) is 33.7 Å². The van der Waals surface area contributed by atoms with Crippen LogP contribution in [0.3, 0.4) is 0 Å². The van der Waals surface area contributed by atoms with E-state index in [1.54, 1.807) is 12.1 Å². The zero-order valence-electron chi connectivity index (χ0n) is 38.8. The second-order valence-electron chi connectivity index (χ2n) is 19.6. The molecule has 0 unspecified atom stereocenters. The Morgan fingerprint density at radius 3 is 1.72 bits per heavy atom. The number of fused-ring (bicyclic) bond motifs is 3. The number of hydrogen-bond donors (Lipinski definition) is 1. The second-order valence-corrected chi connectivity index (χ2v) is 19.6. The Morgan fingerprint density at radius 1 is 0.426 bits per heavy atom. The average molecular weight is 898 g/mol. The van der Waals surface area contributed by atoms with Crippen molar-refractivity contribution in [2.75, 3.05) is 0 Å². The van der Waals surface area contributed by atoms with E-state index in [0.29, 0.717) is 22.4 Å². The lowest BCUT2D eigenvalue weighted by atomic mass is 9.79. The fraction of sp³-hybridized carbons (Fsp3) is 0.148. The van der Waals surface area contributed by atoms with Crippen LogP contribution < -0.4 is 0 Å². The van der Waals surface area contributed by atoms with Gasteiger partial charge in [-0.15, -0.1) is 0 Å². The van der Waals surface area contributed by atoms with Crippen molar-refractivity contribution in [1.29, 1.82) is 0 Å². The number of hydrogen-bond acceptors (Lipinski definition) is 3. The van der Waals surface area contributed by atoms with E-state index >= 15 is 0 Å². The van der Waals surface area contributed by atoms with Crippen molar-refractivity contribution < 1.29 is 18.3 Å². The van der Waals surface area contributed by atoms with Gasteiger partial charge in [0.15, 0.2) is 0 Å². The first-order valence-electron chi connectivity index (χ1n) is 22.8. The number of halogens is 3. The first-order chi connectivity index (χ1) is 32.5. The van der Waals surface area contributed by atoms with Gasteiger partial charge < -0.3 is 9.67 Å². The highest BCUT2D eigenvalue weighted by molar-refractivity contribution is 6.14. The zero-order chi connectivity index (χ0) is 47.5. The molecule has 0 saturated carbocycles. The predicted octanol–water partition coefficient (Wildman–Crippen LogP) is 16.9. The molecule has 1 N–H and O–H groups in total. The molecule has 0 saturated heterocycles. The first-order valence-corrected chi connectivity index (χ1v) is 22.8. The maximum atomic E-state index is 13.8. The molecule has 3 aromatic heterocycles. The van der Waals surface area contributed by atoms with Gasteiger partial charge in [0, 0.05) is 44.9 Å². The molecule has 0 fully saturated rings. The summed E-state index contributed by atoms with van der Waals surface area (Å²) in [5.41, 5.74) is 14.3. The molecule has 336 valence electrons. The van der Waals surface area contributed by atoms with Crippen LogP contribution in [-0.4, -0.2) is 19.6 Å². The first kappa shape index (κ1) is 44.1. The smallest absolute Gasteiger partial charge is 0.416 e. The minimum atomic E-state index is -4.45. The molecule has 4 nitrogen and oxygen atoms in total. The van der Waals surface area contributed by atoms with Gasteiger partial charge >= 0.3 is 6.18 Å². The summed E-state index contributed by atoms with van der Waals surface area (Å²) in [5.74, 6) is 0.161. The number of para-hydroxylation sites is 3. The van der Waals surface area contributed by atoms with E-state index in [-0.39, 0.29) is 16.6 Å². The normalized spacial score (nSPS) is 12.2. The fourth-order valence-corrected chi connectivity index (χ4v) is 9.15. The molecular formula is C61H50F3N3O. The molecule has 0 spiro atoms. The molecule has 0 aliphatic heterocycles. The summed E-state index contributed by atoms with van der Waals surface area (Å²) in [6, 6.07) is 58.5. The predicted molar refractivity (Wildman–Crippen MR) is 273 cm³/mol. The van der Waals surface area contributed by atoms with Gasteiger partial charge in [0.25, 0.3) is 0 Å². The molecule has 0 bridgehead atoms. The second kappa shape index (κ2) is 16.8. The monoisotopic (exact) mass is 897 g/mol. The van der Waals surface area contributed by atoms with Crippen molar-refractivity contribution in [3.8, 4) is 78.6 Å². The zero-order valence-corrected chi connectivity index (χ0v) is 38.8. The third kappa shape index (κ3) is 8.45. The van der Waals surface area contributed by atoms with Gasteiger partial charge in [-0.3, -0.25) is 4.98 Å². The Balaban J connectivity index is 1.10. The Morgan fingerprint density at radius 2 is 0.985 bits per heavy atom. The van der Waals surface area contributed by atoms with E-state index in [1.165, 1.54) is 23.3 Å². The lowest BCUT2D eigenvalue weighted by Crippen LogP contribution is -2.16. The summed E-state index contributed by atoms with van der Waals surface area (Å²) >= 11 is 0. The van der Waals surface area contributed by atoms with Crippen LogP contribution in [0.4, 0.5) is 13.2 Å². The largest absolute Gasteiger partial charge is 0.507 e. The SMILES string of the molecule is CC(C)(C)c1cc(-c2cc(-c3cccc(-c4cc(-c5cccc6c7ccccc7n(-c7cccc(-c8cccc(C(F)(F)F)c8)c7)c56)ccn4)c3)nc(-c3ccccc3O)c2)cc(C(C)(C)C)c1. The number of aromatic nitrogens is 3. The van der Waals surface area contributed by atoms with Gasteiger partial charge in [-0.1, -0.05) is 151 Å². The van der Waals surface area contributed by atoms with Crippen molar-refractivity contribution in [2.24, 2.45) is 0 Å². The lowest BCUT2D eigenvalue weighted by molar-refractivity contribution is -0.137. The van der Waals surface area contributed by atoms with E-state index in [4.69, 9.17) is 9.97 Å². The number of alkyl halides is 3. The van der Waals surface area contributed by atoms with Crippen LogP contribution in [0.2, 0.25) is 0 Å². The Labute approximate surface area is 395 Å². The highest BCUT2D eigenvalue weighted by Gasteiger charge is 2.30. The Hall–Kier alpha value is -7.77. The summed E-state index contributed by atoms with van der Waals surface area (Å²) in [6.07, 6.45) is -2.61. The van der Waals surface area contributed by atoms with Crippen molar-refractivity contribution in [3.05, 3.63) is 205 Å². The summed E-state index contributed by atoms with van der Waals surface area (Å²) < 4.78 is 43.6. The number of phenolic OH excluding ortho intramolecular Hbond substituents is 1. The average Bonchev–Trinajstić information content (AvgIpc) is 3.68. The van der Waals surface area contributed by atoms with Crippen molar-refractivity contribution in [1.82, 2.24) is 14.5 Å². The molecule has 0 radical (unpaired) electrons. The van der Waals surface area contributed by atoms with Crippen LogP contribution in [0.1, 0.15) is 58.2 Å². The summed E-state index contributed by atoms with van der Waals surface area (Å²) in [6.45, 7) is 13.4. The molecule has 10 rings (SSSR count). The number of rotatable bonds is 7. The Kier molecular flexibility index (Phi) is 10.9. The van der Waals surface area contributed by atoms with E-state index < -0.39 is 11.7 Å². The van der Waals surface area contributed by atoms with Gasteiger partial charge in [-0.2, -0.15) is 13.2 Å². The lowest BCUT2D eigenvalue weighted by Gasteiger charge is -2.26. The molecule has 0 aliphatic carbocycles. The molecule has 7 heteroatoms. The van der Waals surface area contributed by atoms with Crippen LogP contribution in [0, 0.1) is 0 Å². The minimum Gasteiger partial charge on any atom is -0.507 e. The topological polar surface area (TPSA) is 50.9 Å². The molecule has 0 atom stereocenters. The number of phenols is 1. The molecule has 7 aromatic carbocycles. The van der Waals surface area contributed by atoms with Crippen LogP contribution in [0.15, 0.2) is 188 Å². The molecule has 10 aromatic rings. The fourth-order valence-electron chi connectivity index (χ4n) is 9.15. The van der Waals surface area contributed by atoms with Gasteiger partial charge in [-0.25, -0.2) is 4.98 Å². The third-order valence-corrected chi connectivity index (χ3v) is 12.9. The van der Waals surface area contributed by atoms with Crippen molar-refractivity contribution in [3.63, 3.8) is 0 Å². The summed E-state index contributed by atoms with van der Waals surface area (Å²) in [5, 5.41) is 13.2.